The quantitative estimate of drug-likeness (QED) is 0.872. The molecule has 8 heteroatoms. The molecule has 2 heterocycles. The van der Waals surface area contributed by atoms with Crippen molar-refractivity contribution in [3.05, 3.63) is 53.1 Å². The maximum atomic E-state index is 13.8. The summed E-state index contributed by atoms with van der Waals surface area (Å²) in [5, 5.41) is 14.3. The second-order valence-electron chi connectivity index (χ2n) is 6.19. The van der Waals surface area contributed by atoms with Crippen LogP contribution in [0.15, 0.2) is 30.3 Å². The van der Waals surface area contributed by atoms with Crippen molar-refractivity contribution >= 4 is 9.84 Å². The molecule has 0 bridgehead atoms. The maximum absolute atomic E-state index is 13.8. The lowest BCUT2D eigenvalue weighted by Gasteiger charge is -2.27. The van der Waals surface area contributed by atoms with Crippen LogP contribution in [-0.2, 0) is 29.5 Å². The van der Waals surface area contributed by atoms with Gasteiger partial charge >= 0.3 is 0 Å². The molecule has 1 aromatic heterocycles. The molecule has 2 aromatic rings. The summed E-state index contributed by atoms with van der Waals surface area (Å²) in [6, 6.07) is 8.42. The van der Waals surface area contributed by atoms with E-state index in [1.54, 1.807) is 22.9 Å². The van der Waals surface area contributed by atoms with E-state index in [9.17, 15) is 17.9 Å². The van der Waals surface area contributed by atoms with Gasteiger partial charge in [-0.25, -0.2) is 12.8 Å². The molecule has 6 nitrogen and oxygen atoms in total. The summed E-state index contributed by atoms with van der Waals surface area (Å²) < 4.78 is 38.2. The average Bonchev–Trinajstić information content (AvgIpc) is 2.91. The fourth-order valence-corrected chi connectivity index (χ4v) is 3.62. The molecule has 1 aliphatic rings. The SMILES string of the molecule is CS(=O)(=O)C[C@@H](O)c1cc2n(n1)CCN(Cc1ccccc1F)C2. The molecule has 0 radical (unpaired) electrons. The maximum Gasteiger partial charge on any atom is 0.150 e. The Bertz CT molecular complexity index is 835. The lowest BCUT2D eigenvalue weighted by atomic mass is 10.1. The Kier molecular flexibility index (Phi) is 4.71. The van der Waals surface area contributed by atoms with Gasteiger partial charge in [0.1, 0.15) is 21.8 Å². The summed E-state index contributed by atoms with van der Waals surface area (Å²) in [6.07, 6.45) is -0.0411. The Morgan fingerprint density at radius 3 is 2.79 bits per heavy atom. The van der Waals surface area contributed by atoms with E-state index in [1.807, 2.05) is 6.07 Å². The second-order valence-corrected chi connectivity index (χ2v) is 8.38. The van der Waals surface area contributed by atoms with Gasteiger partial charge in [0.25, 0.3) is 0 Å². The number of nitrogens with zero attached hydrogens (tertiary/aromatic N) is 3. The summed E-state index contributed by atoms with van der Waals surface area (Å²) in [6.45, 7) is 2.41. The number of hydrogen-bond donors (Lipinski definition) is 1. The van der Waals surface area contributed by atoms with Gasteiger partial charge < -0.3 is 5.11 Å². The van der Waals surface area contributed by atoms with Crippen LogP contribution < -0.4 is 0 Å². The third kappa shape index (κ3) is 4.00. The van der Waals surface area contributed by atoms with Crippen molar-refractivity contribution in [1.29, 1.82) is 0 Å². The summed E-state index contributed by atoms with van der Waals surface area (Å²) in [5.74, 6) is -0.566. The summed E-state index contributed by atoms with van der Waals surface area (Å²) in [4.78, 5) is 2.10. The molecule has 0 amide bonds. The van der Waals surface area contributed by atoms with E-state index in [-0.39, 0.29) is 11.6 Å². The van der Waals surface area contributed by atoms with Gasteiger partial charge in [0.2, 0.25) is 0 Å². The minimum absolute atomic E-state index is 0.221. The number of aliphatic hydroxyl groups excluding tert-OH is 1. The van der Waals surface area contributed by atoms with Gasteiger partial charge in [-0.05, 0) is 12.1 Å². The van der Waals surface area contributed by atoms with Crippen LogP contribution >= 0.6 is 0 Å². The predicted octanol–water partition coefficient (Wildman–Crippen LogP) is 1.12. The first kappa shape index (κ1) is 17.1. The van der Waals surface area contributed by atoms with Crippen LogP contribution in [0.5, 0.6) is 0 Å². The van der Waals surface area contributed by atoms with Crippen molar-refractivity contribution in [2.45, 2.75) is 25.7 Å². The molecule has 3 rings (SSSR count). The van der Waals surface area contributed by atoms with E-state index in [1.165, 1.54) is 6.07 Å². The first-order valence-corrected chi connectivity index (χ1v) is 9.76. The number of fused-ring (bicyclic) bond motifs is 1. The van der Waals surface area contributed by atoms with E-state index in [0.29, 0.717) is 37.4 Å². The molecule has 0 unspecified atom stereocenters. The predicted molar refractivity (Wildman–Crippen MR) is 87.4 cm³/mol. The molecule has 0 aliphatic carbocycles. The Morgan fingerprint density at radius 2 is 2.08 bits per heavy atom. The van der Waals surface area contributed by atoms with Crippen LogP contribution in [-0.4, -0.2) is 46.8 Å². The highest BCUT2D eigenvalue weighted by atomic mass is 32.2. The van der Waals surface area contributed by atoms with Crippen LogP contribution in [0.2, 0.25) is 0 Å². The topological polar surface area (TPSA) is 75.4 Å². The number of halogens is 1. The van der Waals surface area contributed by atoms with Gasteiger partial charge in [0.05, 0.1) is 23.7 Å². The van der Waals surface area contributed by atoms with Crippen LogP contribution in [0.3, 0.4) is 0 Å². The first-order chi connectivity index (χ1) is 11.3. The Labute approximate surface area is 140 Å². The van der Waals surface area contributed by atoms with Crippen molar-refractivity contribution in [1.82, 2.24) is 14.7 Å². The van der Waals surface area contributed by atoms with Crippen molar-refractivity contribution in [3.63, 3.8) is 0 Å². The van der Waals surface area contributed by atoms with Gasteiger partial charge in [-0.3, -0.25) is 9.58 Å². The van der Waals surface area contributed by atoms with E-state index >= 15 is 0 Å². The molecule has 0 fully saturated rings. The molecular weight excluding hydrogens is 333 g/mol. The fraction of sp³-hybridized carbons (Fsp3) is 0.438. The highest BCUT2D eigenvalue weighted by molar-refractivity contribution is 7.90. The van der Waals surface area contributed by atoms with Crippen molar-refractivity contribution in [2.75, 3.05) is 18.6 Å². The standard InChI is InChI=1S/C16H20FN3O3S/c1-24(22,23)11-16(21)15-8-13-10-19(6-7-20(13)18-15)9-12-4-2-3-5-14(12)17/h2-5,8,16,21H,6-7,9-11H2,1H3/t16-/m1/s1. The third-order valence-corrected chi connectivity index (χ3v) is 4.97. The molecule has 1 aromatic carbocycles. The van der Waals surface area contributed by atoms with E-state index in [0.717, 1.165) is 11.9 Å². The third-order valence-electron chi connectivity index (χ3n) is 4.05. The molecule has 0 saturated carbocycles. The lowest BCUT2D eigenvalue weighted by molar-refractivity contribution is 0.190. The number of aromatic nitrogens is 2. The monoisotopic (exact) mass is 353 g/mol. The lowest BCUT2D eigenvalue weighted by Crippen LogP contribution is -2.33. The van der Waals surface area contributed by atoms with E-state index in [2.05, 4.69) is 10.00 Å². The summed E-state index contributed by atoms with van der Waals surface area (Å²) in [7, 11) is -3.28. The molecule has 1 N–H and O–H groups in total. The van der Waals surface area contributed by atoms with E-state index < -0.39 is 15.9 Å². The van der Waals surface area contributed by atoms with Crippen molar-refractivity contribution < 1.29 is 17.9 Å². The van der Waals surface area contributed by atoms with Crippen LogP contribution in [0, 0.1) is 5.82 Å². The average molecular weight is 353 g/mol. The normalized spacial score (nSPS) is 16.8. The van der Waals surface area contributed by atoms with E-state index in [4.69, 9.17) is 0 Å². The zero-order valence-corrected chi connectivity index (χ0v) is 14.2. The van der Waals surface area contributed by atoms with Gasteiger partial charge in [0.15, 0.2) is 0 Å². The van der Waals surface area contributed by atoms with Crippen LogP contribution in [0.25, 0.3) is 0 Å². The zero-order valence-electron chi connectivity index (χ0n) is 13.4. The van der Waals surface area contributed by atoms with Gasteiger partial charge in [-0.1, -0.05) is 18.2 Å². The largest absolute Gasteiger partial charge is 0.386 e. The molecule has 0 saturated heterocycles. The molecule has 1 atom stereocenters. The van der Waals surface area contributed by atoms with Gasteiger partial charge in [-0.15, -0.1) is 0 Å². The van der Waals surface area contributed by atoms with Crippen LogP contribution in [0.4, 0.5) is 4.39 Å². The molecular formula is C16H20FN3O3S. The molecule has 130 valence electrons. The molecule has 1 aliphatic heterocycles. The molecule has 24 heavy (non-hydrogen) atoms. The minimum Gasteiger partial charge on any atom is -0.386 e. The zero-order chi connectivity index (χ0) is 17.3. The van der Waals surface area contributed by atoms with Crippen molar-refractivity contribution in [2.24, 2.45) is 0 Å². The fourth-order valence-electron chi connectivity index (χ4n) is 2.88. The molecule has 0 spiro atoms. The van der Waals surface area contributed by atoms with Gasteiger partial charge in [-0.2, -0.15) is 5.10 Å². The smallest absolute Gasteiger partial charge is 0.150 e. The Morgan fingerprint density at radius 1 is 1.33 bits per heavy atom. The van der Waals surface area contributed by atoms with Crippen molar-refractivity contribution in [3.8, 4) is 0 Å². The summed E-state index contributed by atoms with van der Waals surface area (Å²) in [5.41, 5.74) is 1.89. The number of sulfone groups is 1. The van der Waals surface area contributed by atoms with Crippen LogP contribution in [0.1, 0.15) is 23.1 Å². The number of hydrogen-bond acceptors (Lipinski definition) is 5. The number of benzene rings is 1. The highest BCUT2D eigenvalue weighted by Gasteiger charge is 2.23. The number of rotatable bonds is 5. The van der Waals surface area contributed by atoms with Gasteiger partial charge in [0, 0.05) is 31.5 Å². The number of aliphatic hydroxyl groups is 1. The first-order valence-electron chi connectivity index (χ1n) is 7.70. The summed E-state index contributed by atoms with van der Waals surface area (Å²) >= 11 is 0. The highest BCUT2D eigenvalue weighted by Crippen LogP contribution is 2.21. The second kappa shape index (κ2) is 6.62. The Balaban J connectivity index is 1.71. The Hall–Kier alpha value is -1.77. The minimum atomic E-state index is -3.28.